The molecule has 1 aliphatic rings. The van der Waals surface area contributed by atoms with E-state index in [9.17, 15) is 5.11 Å². The third-order valence-electron chi connectivity index (χ3n) is 3.30. The first-order chi connectivity index (χ1) is 8.27. The maximum Gasteiger partial charge on any atom is 0.0976 e. The Morgan fingerprint density at radius 1 is 1.47 bits per heavy atom. The standard InChI is InChI=1S/C13H12BrNOS/c14-10-5-7-17-13(10)12(16)9-4-3-8-2-1-6-15-11(8)9/h1-2,5-7,9,12,16H,3-4H2. The Labute approximate surface area is 112 Å². The molecule has 0 saturated heterocycles. The number of rotatable bonds is 2. The number of aryl methyl sites for hydroxylation is 1. The van der Waals surface area contributed by atoms with Gasteiger partial charge in [-0.3, -0.25) is 4.98 Å². The monoisotopic (exact) mass is 309 g/mol. The molecule has 0 radical (unpaired) electrons. The molecule has 4 heteroatoms. The molecule has 2 atom stereocenters. The Hall–Kier alpha value is -0.710. The van der Waals surface area contributed by atoms with Gasteiger partial charge in [-0.05, 0) is 51.8 Å². The number of thiophene rings is 1. The minimum absolute atomic E-state index is 0.140. The van der Waals surface area contributed by atoms with Gasteiger partial charge in [0.05, 0.1) is 6.10 Å². The molecule has 1 N–H and O–H groups in total. The normalized spacial score (nSPS) is 20.2. The van der Waals surface area contributed by atoms with Gasteiger partial charge in [-0.1, -0.05) is 6.07 Å². The van der Waals surface area contributed by atoms with Crippen molar-refractivity contribution in [2.75, 3.05) is 0 Å². The lowest BCUT2D eigenvalue weighted by Crippen LogP contribution is -2.08. The first-order valence-corrected chi connectivity index (χ1v) is 7.29. The number of hydrogen-bond donors (Lipinski definition) is 1. The van der Waals surface area contributed by atoms with Gasteiger partial charge < -0.3 is 5.11 Å². The van der Waals surface area contributed by atoms with E-state index in [4.69, 9.17) is 0 Å². The highest BCUT2D eigenvalue weighted by Gasteiger charge is 2.32. The molecule has 0 spiro atoms. The Balaban J connectivity index is 1.95. The van der Waals surface area contributed by atoms with Crippen LogP contribution in [0.4, 0.5) is 0 Å². The highest BCUT2D eigenvalue weighted by Crippen LogP contribution is 2.43. The molecule has 0 aliphatic heterocycles. The van der Waals surface area contributed by atoms with Crippen molar-refractivity contribution < 1.29 is 5.11 Å². The summed E-state index contributed by atoms with van der Waals surface area (Å²) in [5.74, 6) is 0.140. The second kappa shape index (κ2) is 4.52. The topological polar surface area (TPSA) is 33.1 Å². The van der Waals surface area contributed by atoms with Crippen LogP contribution in [0, 0.1) is 0 Å². The lowest BCUT2D eigenvalue weighted by Gasteiger charge is -2.17. The van der Waals surface area contributed by atoms with Crippen molar-refractivity contribution >= 4 is 27.3 Å². The number of hydrogen-bond acceptors (Lipinski definition) is 3. The fourth-order valence-electron chi connectivity index (χ4n) is 2.45. The molecular weight excluding hydrogens is 298 g/mol. The van der Waals surface area contributed by atoms with Crippen molar-refractivity contribution in [2.45, 2.75) is 24.9 Å². The Bertz CT molecular complexity index is 540. The van der Waals surface area contributed by atoms with Crippen LogP contribution >= 0.6 is 27.3 Å². The van der Waals surface area contributed by atoms with Gasteiger partial charge in [-0.15, -0.1) is 11.3 Å². The zero-order chi connectivity index (χ0) is 11.8. The molecule has 2 aromatic rings. The molecule has 0 aromatic carbocycles. The Morgan fingerprint density at radius 2 is 2.35 bits per heavy atom. The van der Waals surface area contributed by atoms with Gasteiger partial charge in [-0.2, -0.15) is 0 Å². The SMILES string of the molecule is OC(c1sccc1Br)C1CCc2cccnc21. The van der Waals surface area contributed by atoms with Gasteiger partial charge >= 0.3 is 0 Å². The zero-order valence-electron chi connectivity index (χ0n) is 9.14. The van der Waals surface area contributed by atoms with Crippen molar-refractivity contribution in [3.05, 3.63) is 50.4 Å². The number of aliphatic hydroxyl groups is 1. The zero-order valence-corrected chi connectivity index (χ0v) is 11.5. The summed E-state index contributed by atoms with van der Waals surface area (Å²) in [6, 6.07) is 6.06. The van der Waals surface area contributed by atoms with Crippen LogP contribution in [0.15, 0.2) is 34.2 Å². The summed E-state index contributed by atoms with van der Waals surface area (Å²) in [7, 11) is 0. The van der Waals surface area contributed by atoms with Crippen molar-refractivity contribution in [1.29, 1.82) is 0 Å². The molecule has 1 aliphatic carbocycles. The van der Waals surface area contributed by atoms with Crippen molar-refractivity contribution in [1.82, 2.24) is 4.98 Å². The molecule has 88 valence electrons. The van der Waals surface area contributed by atoms with E-state index in [0.717, 1.165) is 27.9 Å². The van der Waals surface area contributed by atoms with Crippen molar-refractivity contribution in [2.24, 2.45) is 0 Å². The quantitative estimate of drug-likeness (QED) is 0.918. The van der Waals surface area contributed by atoms with E-state index < -0.39 is 6.10 Å². The lowest BCUT2D eigenvalue weighted by atomic mass is 9.98. The highest BCUT2D eigenvalue weighted by molar-refractivity contribution is 9.10. The van der Waals surface area contributed by atoms with Crippen LogP contribution in [-0.4, -0.2) is 10.1 Å². The van der Waals surface area contributed by atoms with Crippen LogP contribution in [0.3, 0.4) is 0 Å². The van der Waals surface area contributed by atoms with E-state index in [1.54, 1.807) is 11.3 Å². The predicted molar refractivity (Wildman–Crippen MR) is 72.3 cm³/mol. The number of aliphatic hydroxyl groups excluding tert-OH is 1. The average Bonchev–Trinajstić information content (AvgIpc) is 2.94. The summed E-state index contributed by atoms with van der Waals surface area (Å²) in [6.45, 7) is 0. The minimum Gasteiger partial charge on any atom is -0.387 e. The Kier molecular flexibility index (Phi) is 3.03. The summed E-state index contributed by atoms with van der Waals surface area (Å²) in [5.41, 5.74) is 2.35. The third kappa shape index (κ3) is 1.94. The summed E-state index contributed by atoms with van der Waals surface area (Å²) < 4.78 is 0.999. The van der Waals surface area contributed by atoms with Crippen LogP contribution in [-0.2, 0) is 6.42 Å². The number of halogens is 1. The smallest absolute Gasteiger partial charge is 0.0976 e. The van der Waals surface area contributed by atoms with Crippen LogP contribution in [0.1, 0.15) is 34.6 Å². The molecule has 3 rings (SSSR count). The van der Waals surface area contributed by atoms with E-state index in [-0.39, 0.29) is 5.92 Å². The van der Waals surface area contributed by atoms with Crippen LogP contribution in [0.5, 0.6) is 0 Å². The van der Waals surface area contributed by atoms with Crippen LogP contribution in [0.25, 0.3) is 0 Å². The molecule has 0 saturated carbocycles. The van der Waals surface area contributed by atoms with Crippen LogP contribution < -0.4 is 0 Å². The Morgan fingerprint density at radius 3 is 3.12 bits per heavy atom. The third-order valence-corrected chi connectivity index (χ3v) is 5.24. The molecule has 2 nitrogen and oxygen atoms in total. The molecule has 17 heavy (non-hydrogen) atoms. The van der Waals surface area contributed by atoms with E-state index in [1.165, 1.54) is 5.56 Å². The second-order valence-corrected chi connectivity index (χ2v) is 6.07. The van der Waals surface area contributed by atoms with Gasteiger partial charge in [0.1, 0.15) is 0 Å². The van der Waals surface area contributed by atoms with Gasteiger partial charge in [-0.25, -0.2) is 0 Å². The molecule has 2 aromatic heterocycles. The maximum atomic E-state index is 10.5. The van der Waals surface area contributed by atoms with Crippen molar-refractivity contribution in [3.8, 4) is 0 Å². The van der Waals surface area contributed by atoms with E-state index in [0.29, 0.717) is 0 Å². The molecule has 0 fully saturated rings. The highest BCUT2D eigenvalue weighted by atomic mass is 79.9. The van der Waals surface area contributed by atoms with Gasteiger partial charge in [0.15, 0.2) is 0 Å². The summed E-state index contributed by atoms with van der Waals surface area (Å²) in [5, 5.41) is 12.5. The lowest BCUT2D eigenvalue weighted by molar-refractivity contribution is 0.146. The molecule has 2 unspecified atom stereocenters. The number of nitrogens with zero attached hydrogens (tertiary/aromatic N) is 1. The molecule has 0 bridgehead atoms. The summed E-state index contributed by atoms with van der Waals surface area (Å²) in [4.78, 5) is 5.44. The first kappa shape index (κ1) is 11.4. The average molecular weight is 310 g/mol. The first-order valence-electron chi connectivity index (χ1n) is 5.62. The maximum absolute atomic E-state index is 10.5. The van der Waals surface area contributed by atoms with Crippen LogP contribution in [0.2, 0.25) is 0 Å². The fraction of sp³-hybridized carbons (Fsp3) is 0.308. The van der Waals surface area contributed by atoms with Crippen molar-refractivity contribution in [3.63, 3.8) is 0 Å². The minimum atomic E-state index is -0.444. The second-order valence-electron chi connectivity index (χ2n) is 4.27. The number of pyridine rings is 1. The largest absolute Gasteiger partial charge is 0.387 e. The van der Waals surface area contributed by atoms with E-state index >= 15 is 0 Å². The molecule has 0 amide bonds. The summed E-state index contributed by atoms with van der Waals surface area (Å²) in [6.07, 6.45) is 3.37. The van der Waals surface area contributed by atoms with E-state index in [1.807, 2.05) is 23.7 Å². The molecular formula is C13H12BrNOS. The van der Waals surface area contributed by atoms with E-state index in [2.05, 4.69) is 27.0 Å². The number of fused-ring (bicyclic) bond motifs is 1. The van der Waals surface area contributed by atoms with Gasteiger partial charge in [0.25, 0.3) is 0 Å². The summed E-state index contributed by atoms with van der Waals surface area (Å²) >= 11 is 5.08. The molecule has 2 heterocycles. The van der Waals surface area contributed by atoms with Gasteiger partial charge in [0.2, 0.25) is 0 Å². The fourth-order valence-corrected chi connectivity index (χ4v) is 4.11. The number of aromatic nitrogens is 1. The predicted octanol–water partition coefficient (Wildman–Crippen LogP) is 3.67. The van der Waals surface area contributed by atoms with Gasteiger partial charge in [0, 0.05) is 27.2 Å².